The molecule has 4 nitrogen and oxygen atoms in total. The zero-order valence-electron chi connectivity index (χ0n) is 11.0. The number of nitrogens with zero attached hydrogens (tertiary/aromatic N) is 1. The third-order valence-corrected chi connectivity index (χ3v) is 6.22. The Labute approximate surface area is 127 Å². The van der Waals surface area contributed by atoms with E-state index >= 15 is 0 Å². The van der Waals surface area contributed by atoms with Crippen LogP contribution < -0.4 is 9.04 Å². The highest BCUT2D eigenvalue weighted by molar-refractivity contribution is 7.93. The molecular formula is C13H14ClNO3S2. The molecule has 1 aromatic carbocycles. The van der Waals surface area contributed by atoms with Gasteiger partial charge in [-0.25, -0.2) is 8.42 Å². The SMILES string of the molecule is COc1ccccc1N(C)S(=O)(=O)c1ccsc1CCl. The molecule has 1 aromatic heterocycles. The molecule has 0 aliphatic carbocycles. The van der Waals surface area contributed by atoms with Crippen molar-refractivity contribution in [2.45, 2.75) is 10.8 Å². The second-order valence-electron chi connectivity index (χ2n) is 3.99. The average molecular weight is 332 g/mol. The highest BCUT2D eigenvalue weighted by atomic mass is 35.5. The number of benzene rings is 1. The van der Waals surface area contributed by atoms with Crippen LogP contribution in [0.1, 0.15) is 4.88 Å². The summed E-state index contributed by atoms with van der Waals surface area (Å²) in [6.07, 6.45) is 0. The van der Waals surface area contributed by atoms with Gasteiger partial charge in [0, 0.05) is 11.9 Å². The van der Waals surface area contributed by atoms with Crippen LogP contribution in [-0.2, 0) is 15.9 Å². The van der Waals surface area contributed by atoms with Crippen LogP contribution in [0.4, 0.5) is 5.69 Å². The summed E-state index contributed by atoms with van der Waals surface area (Å²) in [5.74, 6) is 0.674. The largest absolute Gasteiger partial charge is 0.495 e. The number of halogens is 1. The van der Waals surface area contributed by atoms with Gasteiger partial charge in [-0.2, -0.15) is 0 Å². The predicted molar refractivity (Wildman–Crippen MR) is 82.5 cm³/mol. The number of thiophene rings is 1. The van der Waals surface area contributed by atoms with Gasteiger partial charge in [0.15, 0.2) is 0 Å². The van der Waals surface area contributed by atoms with E-state index in [9.17, 15) is 8.42 Å². The summed E-state index contributed by atoms with van der Waals surface area (Å²) in [5, 5.41) is 1.72. The van der Waals surface area contributed by atoms with Crippen LogP contribution in [0.5, 0.6) is 5.75 Å². The maximum Gasteiger partial charge on any atom is 0.265 e. The number of sulfonamides is 1. The van der Waals surface area contributed by atoms with Crippen LogP contribution in [0.2, 0.25) is 0 Å². The van der Waals surface area contributed by atoms with E-state index in [0.717, 1.165) is 0 Å². The van der Waals surface area contributed by atoms with Gasteiger partial charge in [0.25, 0.3) is 10.0 Å². The Kier molecular flexibility index (Phi) is 4.57. The number of anilines is 1. The second-order valence-corrected chi connectivity index (χ2v) is 7.19. The van der Waals surface area contributed by atoms with Gasteiger partial charge < -0.3 is 4.74 Å². The maximum absolute atomic E-state index is 12.7. The van der Waals surface area contributed by atoms with Gasteiger partial charge in [0.05, 0.1) is 18.7 Å². The molecule has 7 heteroatoms. The number of methoxy groups -OCH3 is 1. The molecule has 2 rings (SSSR count). The molecule has 0 radical (unpaired) electrons. The molecule has 108 valence electrons. The predicted octanol–water partition coefficient (Wildman–Crippen LogP) is 3.32. The Morgan fingerprint density at radius 3 is 2.65 bits per heavy atom. The van der Waals surface area contributed by atoms with Gasteiger partial charge in [0.2, 0.25) is 0 Å². The van der Waals surface area contributed by atoms with Gasteiger partial charge >= 0.3 is 0 Å². The molecule has 2 aromatic rings. The number of para-hydroxylation sites is 2. The van der Waals surface area contributed by atoms with Crippen molar-refractivity contribution in [1.82, 2.24) is 0 Å². The minimum atomic E-state index is -3.64. The summed E-state index contributed by atoms with van der Waals surface area (Å²) in [5.41, 5.74) is 0.488. The Morgan fingerprint density at radius 1 is 1.30 bits per heavy atom. The van der Waals surface area contributed by atoms with Crippen molar-refractivity contribution in [1.29, 1.82) is 0 Å². The fraction of sp³-hybridized carbons (Fsp3) is 0.231. The molecule has 0 amide bonds. The lowest BCUT2D eigenvalue weighted by Crippen LogP contribution is -2.27. The molecule has 0 atom stereocenters. The van der Waals surface area contributed by atoms with E-state index in [-0.39, 0.29) is 10.8 Å². The number of hydrogen-bond donors (Lipinski definition) is 0. The summed E-state index contributed by atoms with van der Waals surface area (Å²) in [6, 6.07) is 8.54. The first-order valence-electron chi connectivity index (χ1n) is 5.76. The van der Waals surface area contributed by atoms with Crippen molar-refractivity contribution in [2.75, 3.05) is 18.5 Å². The van der Waals surface area contributed by atoms with E-state index in [1.165, 1.54) is 29.8 Å². The maximum atomic E-state index is 12.7. The van der Waals surface area contributed by atoms with Crippen LogP contribution in [0, 0.1) is 0 Å². The third kappa shape index (κ3) is 2.63. The van der Waals surface area contributed by atoms with Crippen molar-refractivity contribution < 1.29 is 13.2 Å². The van der Waals surface area contributed by atoms with E-state index in [1.54, 1.807) is 35.7 Å². The Bertz CT molecular complexity index is 697. The van der Waals surface area contributed by atoms with E-state index in [0.29, 0.717) is 16.3 Å². The summed E-state index contributed by atoms with van der Waals surface area (Å²) >= 11 is 7.12. The van der Waals surface area contributed by atoms with Crippen molar-refractivity contribution in [3.8, 4) is 5.75 Å². The number of alkyl halides is 1. The lowest BCUT2D eigenvalue weighted by Gasteiger charge is -2.21. The van der Waals surface area contributed by atoms with Crippen LogP contribution in [-0.4, -0.2) is 22.6 Å². The van der Waals surface area contributed by atoms with E-state index in [2.05, 4.69) is 0 Å². The first kappa shape index (κ1) is 15.2. The zero-order chi connectivity index (χ0) is 14.8. The molecule has 0 N–H and O–H groups in total. The van der Waals surface area contributed by atoms with Crippen molar-refractivity contribution in [3.05, 3.63) is 40.6 Å². The van der Waals surface area contributed by atoms with E-state index in [1.807, 2.05) is 0 Å². The van der Waals surface area contributed by atoms with Crippen LogP contribution in [0.25, 0.3) is 0 Å². The minimum absolute atomic E-state index is 0.173. The molecule has 0 aliphatic heterocycles. The van der Waals surface area contributed by atoms with Gasteiger partial charge in [-0.1, -0.05) is 12.1 Å². The second kappa shape index (κ2) is 6.03. The Balaban J connectivity index is 2.49. The average Bonchev–Trinajstić information content (AvgIpc) is 2.95. The van der Waals surface area contributed by atoms with Gasteiger partial charge in [0.1, 0.15) is 10.6 Å². The quantitative estimate of drug-likeness (QED) is 0.790. The molecule has 0 aliphatic rings. The first-order valence-corrected chi connectivity index (χ1v) is 8.62. The zero-order valence-corrected chi connectivity index (χ0v) is 13.4. The van der Waals surface area contributed by atoms with Crippen LogP contribution in [0.3, 0.4) is 0 Å². The fourth-order valence-electron chi connectivity index (χ4n) is 1.82. The molecule has 0 spiro atoms. The standard InChI is InChI=1S/C13H14ClNO3S2/c1-15(10-5-3-4-6-11(10)18-2)20(16,17)13-7-8-19-12(13)9-14/h3-8H,9H2,1-2H3. The van der Waals surface area contributed by atoms with Gasteiger partial charge in [-0.15, -0.1) is 22.9 Å². The molecule has 0 saturated heterocycles. The van der Waals surface area contributed by atoms with Gasteiger partial charge in [-0.05, 0) is 23.6 Å². The molecule has 0 saturated carbocycles. The van der Waals surface area contributed by atoms with E-state index < -0.39 is 10.0 Å². The summed E-state index contributed by atoms with van der Waals surface area (Å²) in [6.45, 7) is 0. The number of hydrogen-bond acceptors (Lipinski definition) is 4. The lowest BCUT2D eigenvalue weighted by atomic mass is 10.3. The number of rotatable bonds is 5. The lowest BCUT2D eigenvalue weighted by molar-refractivity contribution is 0.416. The molecule has 20 heavy (non-hydrogen) atoms. The van der Waals surface area contributed by atoms with Crippen LogP contribution in [0.15, 0.2) is 40.6 Å². The normalized spacial score (nSPS) is 11.3. The van der Waals surface area contributed by atoms with E-state index in [4.69, 9.17) is 16.3 Å². The smallest absolute Gasteiger partial charge is 0.265 e. The van der Waals surface area contributed by atoms with Crippen molar-refractivity contribution in [2.24, 2.45) is 0 Å². The van der Waals surface area contributed by atoms with Crippen molar-refractivity contribution >= 4 is 38.6 Å². The van der Waals surface area contributed by atoms with Gasteiger partial charge in [-0.3, -0.25) is 4.31 Å². The monoisotopic (exact) mass is 331 g/mol. The first-order chi connectivity index (χ1) is 9.52. The third-order valence-electron chi connectivity index (χ3n) is 2.89. The molecule has 0 bridgehead atoms. The summed E-state index contributed by atoms with van der Waals surface area (Å²) < 4.78 is 31.7. The molecule has 0 unspecified atom stereocenters. The number of ether oxygens (including phenoxy) is 1. The van der Waals surface area contributed by atoms with Crippen LogP contribution >= 0.6 is 22.9 Å². The molecule has 0 fully saturated rings. The highest BCUT2D eigenvalue weighted by Crippen LogP contribution is 2.33. The minimum Gasteiger partial charge on any atom is -0.495 e. The summed E-state index contributed by atoms with van der Waals surface area (Å²) in [4.78, 5) is 0.874. The molecule has 1 heterocycles. The Morgan fingerprint density at radius 2 is 2.00 bits per heavy atom. The van der Waals surface area contributed by atoms with Crippen molar-refractivity contribution in [3.63, 3.8) is 0 Å². The summed E-state index contributed by atoms with van der Waals surface area (Å²) in [7, 11) is -0.634. The Hall–Kier alpha value is -1.24. The molecular weight excluding hydrogens is 318 g/mol. The topological polar surface area (TPSA) is 46.6 Å². The fourth-order valence-corrected chi connectivity index (χ4v) is 4.70. The highest BCUT2D eigenvalue weighted by Gasteiger charge is 2.26.